The Balaban J connectivity index is 1.73. The predicted octanol–water partition coefficient (Wildman–Crippen LogP) is 2.66. The normalized spacial score (nSPS) is 17.5. The zero-order valence-electron chi connectivity index (χ0n) is 12.8. The largest absolute Gasteiger partial charge is 0.481 e. The number of amides is 2. The molecule has 0 aromatic heterocycles. The molecule has 120 valence electrons. The van der Waals surface area contributed by atoms with Gasteiger partial charge in [-0.05, 0) is 37.7 Å². The average Bonchev–Trinajstić information content (AvgIpc) is 2.96. The third-order valence-corrected chi connectivity index (χ3v) is 4.10. The van der Waals surface area contributed by atoms with E-state index >= 15 is 0 Å². The maximum absolute atomic E-state index is 12.1. The molecule has 0 saturated carbocycles. The van der Waals surface area contributed by atoms with Crippen LogP contribution in [0.3, 0.4) is 0 Å². The molecule has 0 radical (unpaired) electrons. The molecule has 1 aliphatic rings. The number of hydrogen-bond acceptors (Lipinski definition) is 2. The van der Waals surface area contributed by atoms with Crippen molar-refractivity contribution in [3.8, 4) is 0 Å². The van der Waals surface area contributed by atoms with Crippen LogP contribution in [0.4, 0.5) is 4.79 Å². The number of likely N-dealkylation sites (tertiary alicyclic amines) is 1. The van der Waals surface area contributed by atoms with Crippen LogP contribution in [0.25, 0.3) is 0 Å². The standard InChI is InChI=1S/C17H24N2O3/c20-16(21)11-12-18-17(22)19-13-5-10-15(19)9-4-8-14-6-2-1-3-7-14/h1-3,6-7,15H,4-5,8-13H2,(H,18,22)(H,20,21). The van der Waals surface area contributed by atoms with Gasteiger partial charge in [-0.2, -0.15) is 0 Å². The van der Waals surface area contributed by atoms with E-state index in [0.29, 0.717) is 0 Å². The molecule has 1 fully saturated rings. The number of nitrogens with one attached hydrogen (secondary N) is 1. The molecule has 0 spiro atoms. The van der Waals surface area contributed by atoms with E-state index in [1.165, 1.54) is 5.56 Å². The Morgan fingerprint density at radius 3 is 2.77 bits per heavy atom. The number of aliphatic carboxylic acids is 1. The van der Waals surface area contributed by atoms with Gasteiger partial charge >= 0.3 is 12.0 Å². The lowest BCUT2D eigenvalue weighted by atomic mass is 10.0. The minimum Gasteiger partial charge on any atom is -0.481 e. The Bertz CT molecular complexity index is 490. The van der Waals surface area contributed by atoms with Crippen LogP contribution in [-0.2, 0) is 11.2 Å². The molecule has 1 saturated heterocycles. The first kappa shape index (κ1) is 16.3. The molecule has 1 aromatic rings. The minimum atomic E-state index is -0.888. The second kappa shape index (κ2) is 8.41. The van der Waals surface area contributed by atoms with Crippen molar-refractivity contribution in [2.75, 3.05) is 13.1 Å². The number of carbonyl (C=O) groups is 2. The van der Waals surface area contributed by atoms with Gasteiger partial charge in [0.25, 0.3) is 0 Å². The Kier molecular flexibility index (Phi) is 6.25. The third-order valence-electron chi connectivity index (χ3n) is 4.10. The average molecular weight is 304 g/mol. The summed E-state index contributed by atoms with van der Waals surface area (Å²) in [5, 5.41) is 11.3. The van der Waals surface area contributed by atoms with Crippen molar-refractivity contribution in [1.29, 1.82) is 0 Å². The topological polar surface area (TPSA) is 69.6 Å². The summed E-state index contributed by atoms with van der Waals surface area (Å²) in [6, 6.07) is 10.5. The molecule has 2 rings (SSSR count). The van der Waals surface area contributed by atoms with Crippen molar-refractivity contribution < 1.29 is 14.7 Å². The Hall–Kier alpha value is -2.04. The highest BCUT2D eigenvalue weighted by atomic mass is 16.4. The van der Waals surface area contributed by atoms with Crippen molar-refractivity contribution in [2.24, 2.45) is 0 Å². The summed E-state index contributed by atoms with van der Waals surface area (Å²) in [4.78, 5) is 24.4. The summed E-state index contributed by atoms with van der Waals surface area (Å²) >= 11 is 0. The number of hydrogen-bond donors (Lipinski definition) is 2. The fourth-order valence-electron chi connectivity index (χ4n) is 2.97. The van der Waals surface area contributed by atoms with Crippen LogP contribution in [-0.4, -0.2) is 41.1 Å². The third kappa shape index (κ3) is 5.06. The van der Waals surface area contributed by atoms with Crippen molar-refractivity contribution >= 4 is 12.0 Å². The number of nitrogens with zero attached hydrogens (tertiary/aromatic N) is 1. The number of benzene rings is 1. The van der Waals surface area contributed by atoms with E-state index in [2.05, 4.69) is 17.4 Å². The lowest BCUT2D eigenvalue weighted by Gasteiger charge is -2.25. The molecule has 1 aromatic carbocycles. The number of carboxylic acids is 1. The van der Waals surface area contributed by atoms with E-state index in [4.69, 9.17) is 5.11 Å². The van der Waals surface area contributed by atoms with Gasteiger partial charge in [0.05, 0.1) is 6.42 Å². The SMILES string of the molecule is O=C(O)CCNC(=O)N1CCCC1CCCc1ccccc1. The molecule has 0 bridgehead atoms. The van der Waals surface area contributed by atoms with Crippen LogP contribution in [0.1, 0.15) is 37.7 Å². The van der Waals surface area contributed by atoms with Crippen LogP contribution in [0.15, 0.2) is 30.3 Å². The number of carboxylic acid groups (broad SMARTS) is 1. The van der Waals surface area contributed by atoms with Gasteiger partial charge in [-0.15, -0.1) is 0 Å². The van der Waals surface area contributed by atoms with Crippen LogP contribution < -0.4 is 5.32 Å². The van der Waals surface area contributed by atoms with Gasteiger partial charge < -0.3 is 15.3 Å². The first-order valence-corrected chi connectivity index (χ1v) is 7.97. The molecule has 22 heavy (non-hydrogen) atoms. The molecule has 5 heteroatoms. The summed E-state index contributed by atoms with van der Waals surface area (Å²) < 4.78 is 0. The van der Waals surface area contributed by atoms with Crippen LogP contribution in [0.2, 0.25) is 0 Å². The van der Waals surface area contributed by atoms with Gasteiger partial charge in [0.15, 0.2) is 0 Å². The van der Waals surface area contributed by atoms with Gasteiger partial charge in [0, 0.05) is 19.1 Å². The maximum Gasteiger partial charge on any atom is 0.317 e. The van der Waals surface area contributed by atoms with Crippen molar-refractivity contribution in [2.45, 2.75) is 44.6 Å². The molecule has 1 heterocycles. The van der Waals surface area contributed by atoms with Gasteiger partial charge in [-0.3, -0.25) is 4.79 Å². The zero-order chi connectivity index (χ0) is 15.8. The molecule has 1 atom stereocenters. The minimum absolute atomic E-state index is 0.0295. The van der Waals surface area contributed by atoms with E-state index in [1.807, 2.05) is 23.1 Å². The fourth-order valence-corrected chi connectivity index (χ4v) is 2.97. The molecule has 0 aliphatic carbocycles. The highest BCUT2D eigenvalue weighted by molar-refractivity contribution is 5.75. The van der Waals surface area contributed by atoms with Crippen LogP contribution in [0, 0.1) is 0 Å². The predicted molar refractivity (Wildman–Crippen MR) is 84.8 cm³/mol. The molecular formula is C17H24N2O3. The quantitative estimate of drug-likeness (QED) is 0.813. The fraction of sp³-hybridized carbons (Fsp3) is 0.529. The highest BCUT2D eigenvalue weighted by Crippen LogP contribution is 2.22. The Labute approximate surface area is 131 Å². The maximum atomic E-state index is 12.1. The number of rotatable bonds is 7. The van der Waals surface area contributed by atoms with Gasteiger partial charge in [0.2, 0.25) is 0 Å². The smallest absolute Gasteiger partial charge is 0.317 e. The summed E-state index contributed by atoms with van der Waals surface area (Å²) in [6.07, 6.45) is 5.14. The number of aryl methyl sites for hydroxylation is 1. The summed E-state index contributed by atoms with van der Waals surface area (Å²) in [5.74, 6) is -0.888. The Morgan fingerprint density at radius 1 is 1.27 bits per heavy atom. The molecule has 1 aliphatic heterocycles. The number of urea groups is 1. The molecule has 1 unspecified atom stereocenters. The highest BCUT2D eigenvalue weighted by Gasteiger charge is 2.27. The molecule has 2 N–H and O–H groups in total. The van der Waals surface area contributed by atoms with Gasteiger partial charge in [-0.1, -0.05) is 30.3 Å². The van der Waals surface area contributed by atoms with Crippen LogP contribution in [0.5, 0.6) is 0 Å². The van der Waals surface area contributed by atoms with Crippen LogP contribution >= 0.6 is 0 Å². The lowest BCUT2D eigenvalue weighted by Crippen LogP contribution is -2.43. The van der Waals surface area contributed by atoms with Gasteiger partial charge in [0.1, 0.15) is 0 Å². The zero-order valence-corrected chi connectivity index (χ0v) is 12.8. The van der Waals surface area contributed by atoms with E-state index < -0.39 is 5.97 Å². The molecular weight excluding hydrogens is 280 g/mol. The summed E-state index contributed by atoms with van der Waals surface area (Å²) in [7, 11) is 0. The van der Waals surface area contributed by atoms with E-state index in [-0.39, 0.29) is 25.0 Å². The second-order valence-electron chi connectivity index (χ2n) is 5.74. The van der Waals surface area contributed by atoms with Crippen molar-refractivity contribution in [3.05, 3.63) is 35.9 Å². The summed E-state index contributed by atoms with van der Waals surface area (Å²) in [5.41, 5.74) is 1.33. The van der Waals surface area contributed by atoms with E-state index in [1.54, 1.807) is 0 Å². The van der Waals surface area contributed by atoms with E-state index in [0.717, 1.165) is 38.6 Å². The van der Waals surface area contributed by atoms with Crippen molar-refractivity contribution in [3.63, 3.8) is 0 Å². The van der Waals surface area contributed by atoms with E-state index in [9.17, 15) is 9.59 Å². The lowest BCUT2D eigenvalue weighted by molar-refractivity contribution is -0.136. The van der Waals surface area contributed by atoms with Crippen molar-refractivity contribution in [1.82, 2.24) is 10.2 Å². The second-order valence-corrected chi connectivity index (χ2v) is 5.74. The molecule has 5 nitrogen and oxygen atoms in total. The summed E-state index contributed by atoms with van der Waals surface area (Å²) in [6.45, 7) is 0.969. The van der Waals surface area contributed by atoms with Gasteiger partial charge in [-0.25, -0.2) is 4.79 Å². The monoisotopic (exact) mass is 304 g/mol. The first-order valence-electron chi connectivity index (χ1n) is 7.97. The first-order chi connectivity index (χ1) is 10.7. The number of carbonyl (C=O) groups excluding carboxylic acids is 1. The molecule has 2 amide bonds. The Morgan fingerprint density at radius 2 is 2.05 bits per heavy atom.